The van der Waals surface area contributed by atoms with E-state index in [4.69, 9.17) is 19.3 Å². The second-order valence-electron chi connectivity index (χ2n) is 16.8. The van der Waals surface area contributed by atoms with Gasteiger partial charge < -0.3 is 29.5 Å². The number of benzene rings is 2. The summed E-state index contributed by atoms with van der Waals surface area (Å²) in [6.45, 7) is 7.15. The number of aliphatic hydroxyl groups is 1. The molecule has 16 heteroatoms. The van der Waals surface area contributed by atoms with Gasteiger partial charge in [-0.3, -0.25) is 24.4 Å². The molecular formula is C44H54F3N7O6. The van der Waals surface area contributed by atoms with Crippen molar-refractivity contribution >= 4 is 11.8 Å². The molecule has 2 saturated heterocycles. The normalized spacial score (nSPS) is 21.7. The molecule has 0 radical (unpaired) electrons. The van der Waals surface area contributed by atoms with E-state index in [1.54, 1.807) is 46.2 Å². The Morgan fingerprint density at radius 3 is 2.55 bits per heavy atom. The van der Waals surface area contributed by atoms with E-state index >= 15 is 0 Å². The second-order valence-corrected chi connectivity index (χ2v) is 16.8. The lowest BCUT2D eigenvalue weighted by atomic mass is 9.89. The number of aryl methyl sites for hydroxylation is 1. The number of fused-ring (bicyclic) bond motifs is 3. The average Bonchev–Trinajstić information content (AvgIpc) is 3.84. The molecule has 0 unspecified atom stereocenters. The Hall–Kier alpha value is -5.03. The van der Waals surface area contributed by atoms with Crippen molar-refractivity contribution in [3.63, 3.8) is 0 Å². The molecule has 60 heavy (non-hydrogen) atoms. The Labute approximate surface area is 348 Å². The quantitative estimate of drug-likeness (QED) is 0.173. The highest BCUT2D eigenvalue weighted by atomic mass is 19.4. The highest BCUT2D eigenvalue weighted by molar-refractivity contribution is 5.82. The summed E-state index contributed by atoms with van der Waals surface area (Å²) in [7, 11) is 1.55. The monoisotopic (exact) mass is 833 g/mol. The van der Waals surface area contributed by atoms with Crippen LogP contribution in [-0.2, 0) is 26.3 Å². The second kappa shape index (κ2) is 17.5. The molecule has 2 amide bonds. The SMILES string of the molecule is COc1cncc(-n2ccc(C(C)(C)N3CCN(C[C@@H](O)C[C@@H](CCc4ccccc4)C(=O)N4[C@H]5c6ccccc6OC[C@H]5OC4(C)C)[C@H](C(=O)NCC(F)(F)F)C3)n2)c1. The number of carbonyl (C=O) groups excluding carboxylic acids is 2. The number of nitrogens with one attached hydrogen (secondary N) is 1. The van der Waals surface area contributed by atoms with Crippen LogP contribution in [0.25, 0.3) is 5.69 Å². The molecule has 2 aromatic carbocycles. The van der Waals surface area contributed by atoms with Gasteiger partial charge in [0.2, 0.25) is 11.8 Å². The maximum atomic E-state index is 14.9. The maximum Gasteiger partial charge on any atom is 0.405 e. The largest absolute Gasteiger partial charge is 0.495 e. The summed E-state index contributed by atoms with van der Waals surface area (Å²) in [6, 6.07) is 19.6. The van der Waals surface area contributed by atoms with Gasteiger partial charge >= 0.3 is 6.18 Å². The van der Waals surface area contributed by atoms with Crippen molar-refractivity contribution in [1.82, 2.24) is 34.8 Å². The first-order chi connectivity index (χ1) is 28.5. The van der Waals surface area contributed by atoms with Gasteiger partial charge in [-0.15, -0.1) is 0 Å². The molecule has 0 saturated carbocycles. The third kappa shape index (κ3) is 9.46. The Kier molecular flexibility index (Phi) is 12.6. The predicted octanol–water partition coefficient (Wildman–Crippen LogP) is 5.27. The smallest absolute Gasteiger partial charge is 0.405 e. The van der Waals surface area contributed by atoms with Crippen molar-refractivity contribution in [2.24, 2.45) is 5.92 Å². The van der Waals surface area contributed by atoms with E-state index in [1.807, 2.05) is 93.3 Å². The van der Waals surface area contributed by atoms with Gasteiger partial charge in [0.05, 0.1) is 48.6 Å². The number of aromatic nitrogens is 3. The van der Waals surface area contributed by atoms with Gasteiger partial charge in [0.25, 0.3) is 0 Å². The van der Waals surface area contributed by atoms with Crippen molar-refractivity contribution in [2.75, 3.05) is 46.4 Å². The minimum Gasteiger partial charge on any atom is -0.495 e. The number of nitrogens with zero attached hydrogens (tertiary/aromatic N) is 6. The van der Waals surface area contributed by atoms with Crippen molar-refractivity contribution in [1.29, 1.82) is 0 Å². The molecule has 3 aliphatic rings. The molecule has 0 aliphatic carbocycles. The minimum absolute atomic E-state index is 0.0341. The number of β-amino-alcohol motifs (C(OH)–C–C–N with tert-alkyl or cyclic N) is 1. The fourth-order valence-corrected chi connectivity index (χ4v) is 8.79. The molecule has 2 fully saturated rings. The van der Waals surface area contributed by atoms with Gasteiger partial charge in [-0.05, 0) is 64.7 Å². The molecule has 3 aliphatic heterocycles. The topological polar surface area (TPSA) is 135 Å². The Morgan fingerprint density at radius 2 is 1.80 bits per heavy atom. The highest BCUT2D eigenvalue weighted by Gasteiger charge is 2.54. The summed E-state index contributed by atoms with van der Waals surface area (Å²) in [5.74, 6) is -0.364. The van der Waals surface area contributed by atoms with Gasteiger partial charge in [-0.25, -0.2) is 4.68 Å². The van der Waals surface area contributed by atoms with E-state index in [0.29, 0.717) is 42.3 Å². The first-order valence-corrected chi connectivity index (χ1v) is 20.4. The number of amides is 2. The Balaban J connectivity index is 1.11. The summed E-state index contributed by atoms with van der Waals surface area (Å²) in [4.78, 5) is 38.4. The molecule has 5 atom stereocenters. The molecule has 2 aromatic heterocycles. The number of ether oxygens (including phenoxy) is 3. The fourth-order valence-electron chi connectivity index (χ4n) is 8.79. The molecule has 13 nitrogen and oxygen atoms in total. The molecule has 0 spiro atoms. The number of rotatable bonds is 14. The summed E-state index contributed by atoms with van der Waals surface area (Å²) in [5.41, 5.74) is 1.53. The van der Waals surface area contributed by atoms with Crippen LogP contribution in [0.4, 0.5) is 13.2 Å². The van der Waals surface area contributed by atoms with E-state index in [2.05, 4.69) is 10.3 Å². The number of methoxy groups -OCH3 is 1. The fraction of sp³-hybridized carbons (Fsp3) is 0.500. The highest BCUT2D eigenvalue weighted by Crippen LogP contribution is 2.48. The number of hydrogen-bond acceptors (Lipinski definition) is 10. The zero-order valence-corrected chi connectivity index (χ0v) is 34.6. The lowest BCUT2D eigenvalue weighted by Gasteiger charge is -2.47. The molecule has 322 valence electrons. The van der Waals surface area contributed by atoms with E-state index in [0.717, 1.165) is 11.1 Å². The summed E-state index contributed by atoms with van der Waals surface area (Å²) < 4.78 is 59.6. The van der Waals surface area contributed by atoms with E-state index in [-0.39, 0.29) is 44.7 Å². The summed E-state index contributed by atoms with van der Waals surface area (Å²) in [6.07, 6.45) is 0.00482. The molecule has 0 bridgehead atoms. The lowest BCUT2D eigenvalue weighted by Crippen LogP contribution is -2.63. The number of aliphatic hydroxyl groups excluding tert-OH is 1. The molecule has 7 rings (SSSR count). The number of para-hydroxylation sites is 1. The number of carbonyl (C=O) groups is 2. The van der Waals surface area contributed by atoms with Crippen molar-refractivity contribution in [2.45, 2.75) is 88.7 Å². The number of pyridine rings is 1. The third-order valence-corrected chi connectivity index (χ3v) is 12.0. The summed E-state index contributed by atoms with van der Waals surface area (Å²) >= 11 is 0. The zero-order chi connectivity index (χ0) is 42.8. The van der Waals surface area contributed by atoms with Crippen LogP contribution in [0.2, 0.25) is 0 Å². The van der Waals surface area contributed by atoms with Gasteiger partial charge in [0.15, 0.2) is 0 Å². The van der Waals surface area contributed by atoms with Gasteiger partial charge in [-0.1, -0.05) is 48.5 Å². The number of alkyl halides is 3. The first kappa shape index (κ1) is 43.1. The van der Waals surface area contributed by atoms with Crippen molar-refractivity contribution < 1.29 is 42.1 Å². The Bertz CT molecular complexity index is 2110. The average molecular weight is 834 g/mol. The van der Waals surface area contributed by atoms with Gasteiger partial charge in [0, 0.05) is 49.9 Å². The van der Waals surface area contributed by atoms with Crippen LogP contribution in [0.15, 0.2) is 85.3 Å². The lowest BCUT2D eigenvalue weighted by molar-refractivity contribution is -0.153. The molecule has 4 aromatic rings. The molecule has 5 heterocycles. The van der Waals surface area contributed by atoms with E-state index in [9.17, 15) is 27.9 Å². The van der Waals surface area contributed by atoms with Crippen LogP contribution >= 0.6 is 0 Å². The number of piperazine rings is 1. The number of hydrogen-bond donors (Lipinski definition) is 2. The van der Waals surface area contributed by atoms with E-state index in [1.165, 1.54) is 0 Å². The van der Waals surface area contributed by atoms with Crippen LogP contribution in [0.1, 0.15) is 63.4 Å². The van der Waals surface area contributed by atoms with Crippen LogP contribution < -0.4 is 14.8 Å². The van der Waals surface area contributed by atoms with Crippen molar-refractivity contribution in [3.05, 3.63) is 102 Å². The maximum absolute atomic E-state index is 14.9. The predicted molar refractivity (Wildman–Crippen MR) is 216 cm³/mol. The standard InChI is InChI=1S/C44H54F3N7O6/c1-42(2,38-17-18-53(50-38)31-22-33(58-5)24-48-23-31)52-20-19-51(35(26-52)40(56)49-28-44(45,46)47)25-32(55)21-30(16-15-29-11-7-6-8-12-29)41(57)54-39-34-13-9-10-14-36(34)59-27-37(39)60-43(54,3)4/h6-14,17-18,22-24,30,32,35,37,39,55H,15-16,19-21,25-28H2,1-5H3,(H,49,56)/t30-,32+,35+,37-,39+/m1/s1. The van der Waals surface area contributed by atoms with Crippen molar-refractivity contribution in [3.8, 4) is 17.2 Å². The number of halogens is 3. The van der Waals surface area contributed by atoms with Crippen LogP contribution in [0.5, 0.6) is 11.5 Å². The van der Waals surface area contributed by atoms with Gasteiger partial charge in [0.1, 0.15) is 42.5 Å². The van der Waals surface area contributed by atoms with Gasteiger partial charge in [-0.2, -0.15) is 18.3 Å². The molecular weight excluding hydrogens is 780 g/mol. The first-order valence-electron chi connectivity index (χ1n) is 20.4. The minimum atomic E-state index is -4.61. The Morgan fingerprint density at radius 1 is 1.05 bits per heavy atom. The van der Waals surface area contributed by atoms with Crippen LogP contribution in [-0.4, -0.2) is 123 Å². The van der Waals surface area contributed by atoms with Crippen LogP contribution in [0, 0.1) is 5.92 Å². The van der Waals surface area contributed by atoms with E-state index < -0.39 is 54.0 Å². The third-order valence-electron chi connectivity index (χ3n) is 12.0. The zero-order valence-electron chi connectivity index (χ0n) is 34.6. The molecule has 2 N–H and O–H groups in total. The summed E-state index contributed by atoms with van der Waals surface area (Å²) in [5, 5.41) is 18.8. The van der Waals surface area contributed by atoms with Crippen LogP contribution in [0.3, 0.4) is 0 Å².